The van der Waals surface area contributed by atoms with E-state index in [4.69, 9.17) is 5.11 Å². The smallest absolute Gasteiger partial charge is 0.451 e. The van der Waals surface area contributed by atoms with Gasteiger partial charge >= 0.3 is 12.1 Å². The van der Waals surface area contributed by atoms with Crippen molar-refractivity contribution < 1.29 is 27.9 Å². The van der Waals surface area contributed by atoms with Crippen LogP contribution < -0.4 is 5.32 Å². The summed E-state index contributed by atoms with van der Waals surface area (Å²) in [7, 11) is 0. The number of thioether (sulfide) groups is 1. The first-order valence-corrected chi connectivity index (χ1v) is 7.63. The van der Waals surface area contributed by atoms with Crippen LogP contribution in [-0.4, -0.2) is 38.7 Å². The second-order valence-corrected chi connectivity index (χ2v) is 5.78. The van der Waals surface area contributed by atoms with E-state index < -0.39 is 29.9 Å². The van der Waals surface area contributed by atoms with Gasteiger partial charge in [0.1, 0.15) is 11.1 Å². The maximum atomic E-state index is 12.9. The van der Waals surface area contributed by atoms with Crippen LogP contribution in [0.3, 0.4) is 0 Å². The van der Waals surface area contributed by atoms with Crippen LogP contribution in [0.2, 0.25) is 0 Å². The van der Waals surface area contributed by atoms with Gasteiger partial charge in [0.25, 0.3) is 0 Å². The van der Waals surface area contributed by atoms with Gasteiger partial charge in [0.05, 0.1) is 5.52 Å². The summed E-state index contributed by atoms with van der Waals surface area (Å²) >= 11 is 0.812. The van der Waals surface area contributed by atoms with Crippen LogP contribution in [0, 0.1) is 0 Å². The monoisotopic (exact) mass is 359 g/mol. The highest BCUT2D eigenvalue weighted by molar-refractivity contribution is 7.99. The van der Waals surface area contributed by atoms with Crippen LogP contribution in [0.5, 0.6) is 0 Å². The second kappa shape index (κ2) is 7.04. The zero-order chi connectivity index (χ0) is 17.9. The summed E-state index contributed by atoms with van der Waals surface area (Å²) in [5.41, 5.74) is 0.105. The first-order chi connectivity index (χ1) is 11.2. The largest absolute Gasteiger partial charge is 0.480 e. The Morgan fingerprint density at radius 1 is 1.29 bits per heavy atom. The first kappa shape index (κ1) is 18.0. The lowest BCUT2D eigenvalue weighted by atomic mass is 10.2. The number of carbonyl (C=O) groups is 2. The van der Waals surface area contributed by atoms with Crippen LogP contribution in [0.15, 0.2) is 29.3 Å². The second-order valence-electron chi connectivity index (χ2n) is 4.77. The molecule has 0 fully saturated rings. The van der Waals surface area contributed by atoms with Gasteiger partial charge in [-0.3, -0.25) is 4.79 Å². The molecule has 1 heterocycles. The van der Waals surface area contributed by atoms with Crippen molar-refractivity contribution >= 4 is 34.5 Å². The van der Waals surface area contributed by atoms with Gasteiger partial charge in [0.15, 0.2) is 0 Å². The number of carboxylic acid groups (broad SMARTS) is 1. The number of aromatic nitrogens is 2. The fourth-order valence-electron chi connectivity index (χ4n) is 1.87. The van der Waals surface area contributed by atoms with Gasteiger partial charge in [-0.2, -0.15) is 13.2 Å². The third kappa shape index (κ3) is 4.34. The number of fused-ring (bicyclic) bond motifs is 1. The molecule has 0 saturated heterocycles. The van der Waals surface area contributed by atoms with E-state index in [0.29, 0.717) is 5.39 Å². The van der Waals surface area contributed by atoms with E-state index in [9.17, 15) is 22.8 Å². The summed E-state index contributed by atoms with van der Waals surface area (Å²) in [6.45, 7) is 1.16. The number of nitrogens with one attached hydrogen (secondary N) is 1. The predicted octanol–water partition coefficient (Wildman–Crippen LogP) is 2.33. The summed E-state index contributed by atoms with van der Waals surface area (Å²) in [6, 6.07) is 4.88. The zero-order valence-corrected chi connectivity index (χ0v) is 13.1. The maximum Gasteiger partial charge on any atom is 0.451 e. The van der Waals surface area contributed by atoms with Gasteiger partial charge in [0, 0.05) is 18.1 Å². The SMILES string of the molecule is CC(=O)NC(CSc1nc(C(F)(F)F)nc2ccccc12)C(=O)O. The van der Waals surface area contributed by atoms with Crippen molar-refractivity contribution in [3.05, 3.63) is 30.1 Å². The van der Waals surface area contributed by atoms with Crippen molar-refractivity contribution in [3.63, 3.8) is 0 Å². The van der Waals surface area contributed by atoms with Crippen molar-refractivity contribution in [2.24, 2.45) is 0 Å². The summed E-state index contributed by atoms with van der Waals surface area (Å²) < 4.78 is 38.7. The predicted molar refractivity (Wildman–Crippen MR) is 80.5 cm³/mol. The third-order valence-electron chi connectivity index (χ3n) is 2.88. The molecule has 1 unspecified atom stereocenters. The number of hydrogen-bond acceptors (Lipinski definition) is 5. The van der Waals surface area contributed by atoms with Gasteiger partial charge in [-0.05, 0) is 6.07 Å². The Morgan fingerprint density at radius 2 is 1.96 bits per heavy atom. The molecule has 1 aromatic heterocycles. The van der Waals surface area contributed by atoms with Gasteiger partial charge < -0.3 is 10.4 Å². The number of aliphatic carboxylic acids is 1. The fraction of sp³-hybridized carbons (Fsp3) is 0.286. The van der Waals surface area contributed by atoms with Crippen molar-refractivity contribution in [1.29, 1.82) is 0 Å². The average Bonchev–Trinajstić information content (AvgIpc) is 2.49. The lowest BCUT2D eigenvalue weighted by molar-refractivity contribution is -0.145. The van der Waals surface area contributed by atoms with Gasteiger partial charge in [-0.1, -0.05) is 18.2 Å². The van der Waals surface area contributed by atoms with Crippen LogP contribution in [0.1, 0.15) is 12.7 Å². The molecule has 0 radical (unpaired) electrons. The summed E-state index contributed by atoms with van der Waals surface area (Å²) in [6.07, 6.45) is -4.72. The van der Waals surface area contributed by atoms with Crippen LogP contribution in [-0.2, 0) is 15.8 Å². The van der Waals surface area contributed by atoms with E-state index in [-0.39, 0.29) is 16.3 Å². The molecule has 6 nitrogen and oxygen atoms in total. The normalized spacial score (nSPS) is 12.8. The maximum absolute atomic E-state index is 12.9. The average molecular weight is 359 g/mol. The lowest BCUT2D eigenvalue weighted by Gasteiger charge is -2.14. The number of alkyl halides is 3. The van der Waals surface area contributed by atoms with E-state index in [1.54, 1.807) is 18.2 Å². The number of benzene rings is 1. The topological polar surface area (TPSA) is 92.2 Å². The van der Waals surface area contributed by atoms with E-state index in [1.807, 2.05) is 0 Å². The molecule has 2 rings (SSSR count). The molecule has 0 saturated carbocycles. The summed E-state index contributed by atoms with van der Waals surface area (Å²) in [4.78, 5) is 29.1. The van der Waals surface area contributed by atoms with Crippen LogP contribution >= 0.6 is 11.8 Å². The zero-order valence-electron chi connectivity index (χ0n) is 12.3. The van der Waals surface area contributed by atoms with E-state index in [2.05, 4.69) is 15.3 Å². The molecule has 10 heteroatoms. The Balaban J connectivity index is 2.36. The Bertz CT molecular complexity index is 783. The lowest BCUT2D eigenvalue weighted by Crippen LogP contribution is -2.41. The molecule has 1 amide bonds. The molecule has 1 atom stereocenters. The molecule has 24 heavy (non-hydrogen) atoms. The van der Waals surface area contributed by atoms with E-state index >= 15 is 0 Å². The van der Waals surface area contributed by atoms with E-state index in [1.165, 1.54) is 6.07 Å². The quantitative estimate of drug-likeness (QED) is 0.629. The molecular weight excluding hydrogens is 347 g/mol. The molecule has 0 bridgehead atoms. The Kier molecular flexibility index (Phi) is 5.27. The van der Waals surface area contributed by atoms with Crippen molar-refractivity contribution in [3.8, 4) is 0 Å². The number of amides is 1. The standard InChI is InChI=1S/C14H12F3N3O3S/c1-7(21)18-10(12(22)23)6-24-11-8-4-2-3-5-9(8)19-13(20-11)14(15,16)17/h2-5,10H,6H2,1H3,(H,18,21)(H,22,23). The Labute approximate surface area is 138 Å². The highest BCUT2D eigenvalue weighted by Gasteiger charge is 2.35. The molecular formula is C14H12F3N3O3S. The molecule has 2 aromatic rings. The number of carbonyl (C=O) groups excluding carboxylic acids is 1. The van der Waals surface area contributed by atoms with Crippen LogP contribution in [0.4, 0.5) is 13.2 Å². The minimum absolute atomic E-state index is 0.00419. The first-order valence-electron chi connectivity index (χ1n) is 6.65. The Hall–Kier alpha value is -2.36. The molecule has 1 aromatic carbocycles. The molecule has 0 aliphatic rings. The highest BCUT2D eigenvalue weighted by atomic mass is 32.2. The van der Waals surface area contributed by atoms with Crippen molar-refractivity contribution in [2.45, 2.75) is 24.2 Å². The fourth-order valence-corrected chi connectivity index (χ4v) is 2.90. The summed E-state index contributed by atoms with van der Waals surface area (Å²) in [5, 5.41) is 11.7. The van der Waals surface area contributed by atoms with Gasteiger partial charge in [-0.25, -0.2) is 14.8 Å². The number of halogens is 3. The third-order valence-corrected chi connectivity index (χ3v) is 3.97. The van der Waals surface area contributed by atoms with Gasteiger partial charge in [0.2, 0.25) is 11.7 Å². The van der Waals surface area contributed by atoms with Crippen molar-refractivity contribution in [2.75, 3.05) is 5.75 Å². The number of carboxylic acids is 1. The summed E-state index contributed by atoms with van der Waals surface area (Å²) in [5.74, 6) is -3.30. The Morgan fingerprint density at radius 3 is 2.54 bits per heavy atom. The minimum atomic E-state index is -4.72. The number of nitrogens with zero attached hydrogens (tertiary/aromatic N) is 2. The highest BCUT2D eigenvalue weighted by Crippen LogP contribution is 2.32. The minimum Gasteiger partial charge on any atom is -0.480 e. The molecule has 0 aliphatic heterocycles. The number of para-hydroxylation sites is 1. The van der Waals surface area contributed by atoms with Crippen molar-refractivity contribution in [1.82, 2.24) is 15.3 Å². The van der Waals surface area contributed by atoms with Gasteiger partial charge in [-0.15, -0.1) is 11.8 Å². The molecule has 128 valence electrons. The molecule has 0 aliphatic carbocycles. The number of hydrogen-bond donors (Lipinski definition) is 2. The molecule has 2 N–H and O–H groups in total. The number of rotatable bonds is 5. The van der Waals surface area contributed by atoms with Crippen LogP contribution in [0.25, 0.3) is 10.9 Å². The van der Waals surface area contributed by atoms with E-state index in [0.717, 1.165) is 18.7 Å². The molecule has 0 spiro atoms.